The first-order valence-corrected chi connectivity index (χ1v) is 7.70. The molecular weight excluding hydrogens is 278 g/mol. The highest BCUT2D eigenvalue weighted by molar-refractivity contribution is 5.98. The highest BCUT2D eigenvalue weighted by Gasteiger charge is 2.62. The monoisotopic (exact) mass is 299 g/mol. The standard InChI is InChI=1S/C17H21N3O2/c1-3-4-15(21)20-8-6-17(9-13(17)11-20)16(22)19-14-10-18-7-5-12(14)2/h3-5,7,10,13H,6,8-9,11H2,1-2H3,(H,19,22)/b4-3+/t13-,17+/m1/s1. The zero-order valence-corrected chi connectivity index (χ0v) is 13.0. The van der Waals surface area contributed by atoms with Crippen molar-refractivity contribution in [2.75, 3.05) is 18.4 Å². The van der Waals surface area contributed by atoms with Crippen LogP contribution in [-0.2, 0) is 9.59 Å². The highest BCUT2D eigenvalue weighted by atomic mass is 16.2. The van der Waals surface area contributed by atoms with E-state index in [-0.39, 0.29) is 23.1 Å². The highest BCUT2D eigenvalue weighted by Crippen LogP contribution is 2.58. The molecule has 2 amide bonds. The third-order valence-electron chi connectivity index (χ3n) is 4.86. The van der Waals surface area contributed by atoms with Gasteiger partial charge >= 0.3 is 0 Å². The zero-order valence-electron chi connectivity index (χ0n) is 13.0. The average Bonchev–Trinajstić information content (AvgIpc) is 3.24. The zero-order chi connectivity index (χ0) is 15.7. The fourth-order valence-electron chi connectivity index (χ4n) is 3.30. The molecule has 5 heteroatoms. The van der Waals surface area contributed by atoms with E-state index in [2.05, 4.69) is 10.3 Å². The largest absolute Gasteiger partial charge is 0.339 e. The van der Waals surface area contributed by atoms with Gasteiger partial charge in [0.2, 0.25) is 11.8 Å². The first-order chi connectivity index (χ1) is 10.6. The van der Waals surface area contributed by atoms with Crippen LogP contribution in [0.1, 0.15) is 25.3 Å². The van der Waals surface area contributed by atoms with E-state index >= 15 is 0 Å². The van der Waals surface area contributed by atoms with Crippen molar-refractivity contribution in [3.8, 4) is 0 Å². The van der Waals surface area contributed by atoms with Crippen molar-refractivity contribution in [3.63, 3.8) is 0 Å². The second kappa shape index (κ2) is 5.55. The molecule has 5 nitrogen and oxygen atoms in total. The Kier molecular flexibility index (Phi) is 3.72. The van der Waals surface area contributed by atoms with Gasteiger partial charge in [0.1, 0.15) is 0 Å². The molecule has 1 N–H and O–H groups in total. The molecule has 2 fully saturated rings. The predicted molar refractivity (Wildman–Crippen MR) is 84.2 cm³/mol. The third-order valence-corrected chi connectivity index (χ3v) is 4.86. The molecule has 2 aliphatic rings. The lowest BCUT2D eigenvalue weighted by molar-refractivity contribution is -0.130. The molecule has 0 bridgehead atoms. The summed E-state index contributed by atoms with van der Waals surface area (Å²) in [5, 5.41) is 3.01. The summed E-state index contributed by atoms with van der Waals surface area (Å²) < 4.78 is 0. The summed E-state index contributed by atoms with van der Waals surface area (Å²) in [5.41, 5.74) is 1.51. The molecule has 2 atom stereocenters. The van der Waals surface area contributed by atoms with Crippen LogP contribution in [0.15, 0.2) is 30.6 Å². The minimum absolute atomic E-state index is 0.0477. The first-order valence-electron chi connectivity index (χ1n) is 7.70. The normalized spacial score (nSPS) is 26.6. The lowest BCUT2D eigenvalue weighted by atomic mass is 9.93. The Hall–Kier alpha value is -2.17. The predicted octanol–water partition coefficient (Wildman–Crippen LogP) is 2.14. The van der Waals surface area contributed by atoms with E-state index in [0.29, 0.717) is 13.1 Å². The summed E-state index contributed by atoms with van der Waals surface area (Å²) in [7, 11) is 0. The van der Waals surface area contributed by atoms with Crippen molar-refractivity contribution in [3.05, 3.63) is 36.2 Å². The van der Waals surface area contributed by atoms with Crippen molar-refractivity contribution in [1.82, 2.24) is 9.88 Å². The van der Waals surface area contributed by atoms with Gasteiger partial charge in [-0.1, -0.05) is 6.08 Å². The number of fused-ring (bicyclic) bond motifs is 1. The smallest absolute Gasteiger partial charge is 0.246 e. The molecule has 0 spiro atoms. The molecule has 1 saturated heterocycles. The number of hydrogen-bond donors (Lipinski definition) is 1. The molecule has 22 heavy (non-hydrogen) atoms. The van der Waals surface area contributed by atoms with Crippen molar-refractivity contribution < 1.29 is 9.59 Å². The number of anilines is 1. The molecular formula is C17H21N3O2. The third kappa shape index (κ3) is 2.51. The van der Waals surface area contributed by atoms with Crippen LogP contribution < -0.4 is 5.32 Å². The van der Waals surface area contributed by atoms with Crippen LogP contribution in [0.5, 0.6) is 0 Å². The van der Waals surface area contributed by atoms with Crippen LogP contribution in [0, 0.1) is 18.3 Å². The summed E-state index contributed by atoms with van der Waals surface area (Å²) in [6, 6.07) is 1.88. The lowest BCUT2D eigenvalue weighted by Gasteiger charge is -2.30. The van der Waals surface area contributed by atoms with Gasteiger partial charge in [0.05, 0.1) is 17.3 Å². The second-order valence-electron chi connectivity index (χ2n) is 6.24. The van der Waals surface area contributed by atoms with Crippen molar-refractivity contribution in [1.29, 1.82) is 0 Å². The van der Waals surface area contributed by atoms with Crippen LogP contribution in [0.2, 0.25) is 0 Å². The van der Waals surface area contributed by atoms with Crippen LogP contribution in [0.4, 0.5) is 5.69 Å². The molecule has 1 aliphatic heterocycles. The van der Waals surface area contributed by atoms with Gasteiger partial charge in [0.15, 0.2) is 0 Å². The van der Waals surface area contributed by atoms with Gasteiger partial charge in [-0.15, -0.1) is 0 Å². The number of amides is 2. The minimum atomic E-state index is -0.283. The number of pyridine rings is 1. The number of carbonyl (C=O) groups is 2. The summed E-state index contributed by atoms with van der Waals surface area (Å²) in [6.07, 6.45) is 8.37. The van der Waals surface area contributed by atoms with Crippen molar-refractivity contribution in [2.24, 2.45) is 11.3 Å². The van der Waals surface area contributed by atoms with E-state index in [9.17, 15) is 9.59 Å². The van der Waals surface area contributed by atoms with Gasteiger partial charge in [-0.05, 0) is 50.3 Å². The molecule has 116 valence electrons. The average molecular weight is 299 g/mol. The molecule has 0 unspecified atom stereocenters. The van der Waals surface area contributed by atoms with Gasteiger partial charge in [-0.25, -0.2) is 0 Å². The maximum Gasteiger partial charge on any atom is 0.246 e. The summed E-state index contributed by atoms with van der Waals surface area (Å²) >= 11 is 0. The number of piperidine rings is 1. The summed E-state index contributed by atoms with van der Waals surface area (Å²) in [5.74, 6) is 0.408. The fourth-order valence-corrected chi connectivity index (χ4v) is 3.30. The quantitative estimate of drug-likeness (QED) is 0.870. The lowest BCUT2D eigenvalue weighted by Crippen LogP contribution is -2.42. The molecule has 0 aromatic carbocycles. The number of aromatic nitrogens is 1. The Balaban J connectivity index is 1.65. The van der Waals surface area contributed by atoms with E-state index in [0.717, 1.165) is 24.1 Å². The Labute approximate surface area is 130 Å². The minimum Gasteiger partial charge on any atom is -0.339 e. The topological polar surface area (TPSA) is 62.3 Å². The number of nitrogens with zero attached hydrogens (tertiary/aromatic N) is 2. The Morgan fingerprint density at radius 2 is 2.32 bits per heavy atom. The van der Waals surface area contributed by atoms with Crippen LogP contribution in [0.25, 0.3) is 0 Å². The van der Waals surface area contributed by atoms with Gasteiger partial charge in [-0.3, -0.25) is 14.6 Å². The number of carbonyl (C=O) groups excluding carboxylic acids is 2. The number of allylic oxidation sites excluding steroid dienone is 1. The van der Waals surface area contributed by atoms with Crippen molar-refractivity contribution >= 4 is 17.5 Å². The van der Waals surface area contributed by atoms with Gasteiger partial charge in [0.25, 0.3) is 0 Å². The molecule has 1 aromatic rings. The first kappa shape index (κ1) is 14.8. The Morgan fingerprint density at radius 3 is 3.00 bits per heavy atom. The molecule has 2 heterocycles. The molecule has 1 aromatic heterocycles. The van der Waals surface area contributed by atoms with E-state index in [1.807, 2.05) is 24.8 Å². The van der Waals surface area contributed by atoms with E-state index in [4.69, 9.17) is 0 Å². The Morgan fingerprint density at radius 1 is 1.50 bits per heavy atom. The Bertz CT molecular complexity index is 641. The van der Waals surface area contributed by atoms with Crippen LogP contribution >= 0.6 is 0 Å². The second-order valence-corrected chi connectivity index (χ2v) is 6.24. The van der Waals surface area contributed by atoms with Gasteiger partial charge < -0.3 is 10.2 Å². The number of likely N-dealkylation sites (tertiary alicyclic amines) is 1. The number of aryl methyl sites for hydroxylation is 1. The molecule has 3 rings (SSSR count). The molecule has 0 radical (unpaired) electrons. The molecule has 1 aliphatic carbocycles. The number of rotatable bonds is 3. The number of hydrogen-bond acceptors (Lipinski definition) is 3. The number of nitrogens with one attached hydrogen (secondary N) is 1. The maximum atomic E-state index is 12.6. The van der Waals surface area contributed by atoms with Crippen LogP contribution in [0.3, 0.4) is 0 Å². The summed E-state index contributed by atoms with van der Waals surface area (Å²) in [6.45, 7) is 5.13. The van der Waals surface area contributed by atoms with E-state index < -0.39 is 0 Å². The van der Waals surface area contributed by atoms with Crippen molar-refractivity contribution in [2.45, 2.75) is 26.7 Å². The van der Waals surface area contributed by atoms with Gasteiger partial charge in [-0.2, -0.15) is 0 Å². The molecule has 1 saturated carbocycles. The SMILES string of the molecule is C/C=C/C(=O)N1CC[C@]2(C(=O)Nc3cnccc3C)C[C@@H]2C1. The maximum absolute atomic E-state index is 12.6. The van der Waals surface area contributed by atoms with Crippen LogP contribution in [-0.4, -0.2) is 34.8 Å². The van der Waals surface area contributed by atoms with E-state index in [1.54, 1.807) is 24.5 Å². The van der Waals surface area contributed by atoms with E-state index in [1.165, 1.54) is 0 Å². The van der Waals surface area contributed by atoms with Gasteiger partial charge in [0, 0.05) is 19.3 Å². The summed E-state index contributed by atoms with van der Waals surface area (Å²) in [4.78, 5) is 30.4. The fraction of sp³-hybridized carbons (Fsp3) is 0.471.